The van der Waals surface area contributed by atoms with Crippen molar-refractivity contribution < 1.29 is 4.74 Å². The lowest BCUT2D eigenvalue weighted by Gasteiger charge is -2.11. The molecule has 5 heteroatoms. The number of allylic oxidation sites excluding steroid dienone is 2. The minimum absolute atomic E-state index is 0.432. The molecule has 2 N–H and O–H groups in total. The Labute approximate surface area is 172 Å². The first-order valence-electron chi connectivity index (χ1n) is 9.66. The van der Waals surface area contributed by atoms with Gasteiger partial charge in [0, 0.05) is 35.1 Å². The molecule has 0 radical (unpaired) electrons. The SMILES string of the molecule is C/C=C(\C(=N)c1ccnc(-c2ccc(OCCNC)cc2)c1)c1cccc(C)n1. The highest BCUT2D eigenvalue weighted by Crippen LogP contribution is 2.24. The smallest absolute Gasteiger partial charge is 0.119 e. The van der Waals surface area contributed by atoms with E-state index >= 15 is 0 Å². The van der Waals surface area contributed by atoms with Gasteiger partial charge in [0.25, 0.3) is 0 Å². The van der Waals surface area contributed by atoms with Gasteiger partial charge in [-0.2, -0.15) is 0 Å². The maximum absolute atomic E-state index is 8.72. The largest absolute Gasteiger partial charge is 0.492 e. The highest BCUT2D eigenvalue weighted by molar-refractivity contribution is 6.30. The third-order valence-electron chi connectivity index (χ3n) is 4.54. The summed E-state index contributed by atoms with van der Waals surface area (Å²) < 4.78 is 5.67. The maximum Gasteiger partial charge on any atom is 0.119 e. The molecule has 2 aromatic heterocycles. The van der Waals surface area contributed by atoms with Gasteiger partial charge in [0.05, 0.1) is 17.1 Å². The summed E-state index contributed by atoms with van der Waals surface area (Å²) in [7, 11) is 1.90. The fraction of sp³-hybridized carbons (Fsp3) is 0.208. The van der Waals surface area contributed by atoms with Crippen molar-refractivity contribution in [3.63, 3.8) is 0 Å². The molecule has 0 spiro atoms. The fourth-order valence-electron chi connectivity index (χ4n) is 3.01. The zero-order valence-electron chi connectivity index (χ0n) is 17.1. The third kappa shape index (κ3) is 5.15. The van der Waals surface area contributed by atoms with E-state index in [9.17, 15) is 0 Å². The number of nitrogens with zero attached hydrogens (tertiary/aromatic N) is 2. The molecule has 0 atom stereocenters. The Morgan fingerprint density at radius 1 is 1.14 bits per heavy atom. The minimum atomic E-state index is 0.432. The van der Waals surface area contributed by atoms with Crippen LogP contribution in [0.5, 0.6) is 5.75 Å². The number of likely N-dealkylation sites (N-methyl/N-ethyl adjacent to an activating group) is 1. The molecule has 1 aromatic carbocycles. The van der Waals surface area contributed by atoms with Gasteiger partial charge in [0.2, 0.25) is 0 Å². The van der Waals surface area contributed by atoms with Crippen molar-refractivity contribution in [3.8, 4) is 17.0 Å². The van der Waals surface area contributed by atoms with Gasteiger partial charge in [0.1, 0.15) is 12.4 Å². The Kier molecular flexibility index (Phi) is 6.87. The fourth-order valence-corrected chi connectivity index (χ4v) is 3.01. The Morgan fingerprint density at radius 2 is 1.93 bits per heavy atom. The van der Waals surface area contributed by atoms with Crippen LogP contribution < -0.4 is 10.1 Å². The molecule has 0 aliphatic heterocycles. The first-order valence-corrected chi connectivity index (χ1v) is 9.66. The van der Waals surface area contributed by atoms with Gasteiger partial charge in [-0.05, 0) is 69.4 Å². The average molecular weight is 386 g/mol. The summed E-state index contributed by atoms with van der Waals surface area (Å²) in [5.41, 5.74) is 5.58. The number of benzene rings is 1. The van der Waals surface area contributed by atoms with Crippen molar-refractivity contribution in [2.45, 2.75) is 13.8 Å². The number of rotatable bonds is 8. The molecule has 3 aromatic rings. The van der Waals surface area contributed by atoms with Crippen LogP contribution in [0.25, 0.3) is 16.8 Å². The zero-order valence-corrected chi connectivity index (χ0v) is 17.1. The summed E-state index contributed by atoms with van der Waals surface area (Å²) in [6.45, 7) is 5.32. The second kappa shape index (κ2) is 9.75. The molecule has 3 rings (SSSR count). The van der Waals surface area contributed by atoms with Crippen molar-refractivity contribution in [3.05, 3.63) is 83.8 Å². The summed E-state index contributed by atoms with van der Waals surface area (Å²) in [5.74, 6) is 0.828. The quantitative estimate of drug-likeness (QED) is 0.441. The van der Waals surface area contributed by atoms with E-state index in [0.29, 0.717) is 12.3 Å². The highest BCUT2D eigenvalue weighted by Gasteiger charge is 2.13. The number of nitrogens with one attached hydrogen (secondary N) is 2. The van der Waals surface area contributed by atoms with E-state index in [1.165, 1.54) is 0 Å². The van der Waals surface area contributed by atoms with Gasteiger partial charge in [-0.1, -0.05) is 12.1 Å². The van der Waals surface area contributed by atoms with Crippen molar-refractivity contribution >= 4 is 11.3 Å². The Balaban J connectivity index is 1.82. The molecule has 148 valence electrons. The summed E-state index contributed by atoms with van der Waals surface area (Å²) in [4.78, 5) is 9.06. The van der Waals surface area contributed by atoms with Gasteiger partial charge in [-0.25, -0.2) is 0 Å². The average Bonchev–Trinajstić information content (AvgIpc) is 2.75. The van der Waals surface area contributed by atoms with E-state index in [1.807, 2.05) is 81.6 Å². The highest BCUT2D eigenvalue weighted by atomic mass is 16.5. The van der Waals surface area contributed by atoms with Crippen molar-refractivity contribution in [2.75, 3.05) is 20.2 Å². The molecular weight excluding hydrogens is 360 g/mol. The van der Waals surface area contributed by atoms with Crippen LogP contribution in [0.4, 0.5) is 0 Å². The number of ether oxygens (including phenoxy) is 1. The van der Waals surface area contributed by atoms with Crippen LogP contribution in [0, 0.1) is 12.3 Å². The molecule has 5 nitrogen and oxygen atoms in total. The van der Waals surface area contributed by atoms with Crippen LogP contribution in [0.15, 0.2) is 66.9 Å². The van der Waals surface area contributed by atoms with Crippen LogP contribution >= 0.6 is 0 Å². The number of hydrogen-bond donors (Lipinski definition) is 2. The van der Waals surface area contributed by atoms with Gasteiger partial charge >= 0.3 is 0 Å². The molecule has 29 heavy (non-hydrogen) atoms. The third-order valence-corrected chi connectivity index (χ3v) is 4.54. The molecule has 0 amide bonds. The van der Waals surface area contributed by atoms with Crippen molar-refractivity contribution in [1.82, 2.24) is 15.3 Å². The topological polar surface area (TPSA) is 70.9 Å². The standard InChI is InChI=1S/C24H26N4O/c1-4-21(22-7-5-6-17(2)28-22)24(25)19-12-13-27-23(16-19)18-8-10-20(11-9-18)29-15-14-26-3/h4-13,16,25-26H,14-15H2,1-3H3/b21-4-,25-24?. The summed E-state index contributed by atoms with van der Waals surface area (Å²) in [5, 5.41) is 11.8. The molecule has 0 bridgehead atoms. The lowest BCUT2D eigenvalue weighted by atomic mass is 9.98. The first-order chi connectivity index (χ1) is 14.1. The number of pyridine rings is 2. The molecule has 0 fully saturated rings. The van der Waals surface area contributed by atoms with Gasteiger partial charge in [0.15, 0.2) is 0 Å². The second-order valence-electron chi connectivity index (χ2n) is 6.65. The van der Waals surface area contributed by atoms with Crippen LogP contribution in [0.3, 0.4) is 0 Å². The van der Waals surface area contributed by atoms with Crippen LogP contribution in [0.1, 0.15) is 23.9 Å². The molecule has 0 saturated heterocycles. The molecule has 2 heterocycles. The lowest BCUT2D eigenvalue weighted by Crippen LogP contribution is -2.15. The van der Waals surface area contributed by atoms with E-state index < -0.39 is 0 Å². The minimum Gasteiger partial charge on any atom is -0.492 e. The predicted molar refractivity (Wildman–Crippen MR) is 119 cm³/mol. The van der Waals surface area contributed by atoms with Gasteiger partial charge < -0.3 is 10.1 Å². The van der Waals surface area contributed by atoms with E-state index in [-0.39, 0.29) is 0 Å². The summed E-state index contributed by atoms with van der Waals surface area (Å²) >= 11 is 0. The van der Waals surface area contributed by atoms with Gasteiger partial charge in [-0.3, -0.25) is 15.4 Å². The normalized spacial score (nSPS) is 11.3. The Hall–Kier alpha value is -3.31. The number of hydrogen-bond acceptors (Lipinski definition) is 5. The van der Waals surface area contributed by atoms with Crippen molar-refractivity contribution in [1.29, 1.82) is 5.41 Å². The monoisotopic (exact) mass is 386 g/mol. The van der Waals surface area contributed by atoms with Crippen LogP contribution in [0.2, 0.25) is 0 Å². The molecule has 0 aliphatic carbocycles. The molecular formula is C24H26N4O. The zero-order chi connectivity index (χ0) is 20.6. The van der Waals surface area contributed by atoms with E-state index in [0.717, 1.165) is 46.1 Å². The first kappa shape index (κ1) is 20.4. The van der Waals surface area contributed by atoms with E-state index in [1.54, 1.807) is 6.20 Å². The number of aryl methyl sites for hydroxylation is 1. The van der Waals surface area contributed by atoms with Crippen molar-refractivity contribution in [2.24, 2.45) is 0 Å². The van der Waals surface area contributed by atoms with E-state index in [4.69, 9.17) is 10.1 Å². The van der Waals surface area contributed by atoms with Crippen LogP contribution in [-0.2, 0) is 0 Å². The summed E-state index contributed by atoms with van der Waals surface area (Å²) in [6, 6.07) is 17.5. The molecule has 0 unspecified atom stereocenters. The maximum atomic E-state index is 8.72. The number of aromatic nitrogens is 2. The Morgan fingerprint density at radius 3 is 2.62 bits per heavy atom. The van der Waals surface area contributed by atoms with Crippen LogP contribution in [-0.4, -0.2) is 35.9 Å². The molecule has 0 saturated carbocycles. The lowest BCUT2D eigenvalue weighted by molar-refractivity contribution is 0.318. The van der Waals surface area contributed by atoms with E-state index in [2.05, 4.69) is 15.3 Å². The summed E-state index contributed by atoms with van der Waals surface area (Å²) in [6.07, 6.45) is 3.68. The molecule has 0 aliphatic rings. The predicted octanol–water partition coefficient (Wildman–Crippen LogP) is 4.52. The Bertz CT molecular complexity index is 1010. The second-order valence-corrected chi connectivity index (χ2v) is 6.65. The van der Waals surface area contributed by atoms with Gasteiger partial charge in [-0.15, -0.1) is 0 Å².